The number of rotatable bonds is 2. The van der Waals surface area contributed by atoms with Crippen LogP contribution in [0, 0.1) is 0 Å². The molecule has 1 atom stereocenters. The van der Waals surface area contributed by atoms with Gasteiger partial charge in [-0.15, -0.1) is 0 Å². The lowest BCUT2D eigenvalue weighted by Gasteiger charge is -2.03. The van der Waals surface area contributed by atoms with Gasteiger partial charge in [-0.3, -0.25) is 0 Å². The van der Waals surface area contributed by atoms with Crippen LogP contribution < -0.4 is 5.43 Å². The first-order valence-corrected chi connectivity index (χ1v) is 4.35. The molecular weight excluding hydrogens is 172 g/mol. The standard InChI is InChI=1S/C8H14N2O3/c1-3-12-8(11)10-9-7-4-5-13-6(7)2/h6H,3-5H2,1-2H3,(H,10,11)/b9-7-. The smallest absolute Gasteiger partial charge is 0.427 e. The van der Waals surface area contributed by atoms with Crippen LogP contribution in [0.4, 0.5) is 4.79 Å². The second-order valence-electron chi connectivity index (χ2n) is 2.70. The zero-order valence-corrected chi connectivity index (χ0v) is 7.87. The number of carbonyl (C=O) groups is 1. The van der Waals surface area contributed by atoms with Crippen molar-refractivity contribution < 1.29 is 14.3 Å². The van der Waals surface area contributed by atoms with Crippen LogP contribution in [0.25, 0.3) is 0 Å². The summed E-state index contributed by atoms with van der Waals surface area (Å²) >= 11 is 0. The quantitative estimate of drug-likeness (QED) is 0.652. The van der Waals surface area contributed by atoms with E-state index in [1.807, 2.05) is 6.92 Å². The first-order chi connectivity index (χ1) is 6.24. The van der Waals surface area contributed by atoms with Crippen molar-refractivity contribution in [3.05, 3.63) is 0 Å². The topological polar surface area (TPSA) is 59.9 Å². The summed E-state index contributed by atoms with van der Waals surface area (Å²) in [5, 5.41) is 3.89. The van der Waals surface area contributed by atoms with Gasteiger partial charge in [0.05, 0.1) is 25.0 Å². The highest BCUT2D eigenvalue weighted by molar-refractivity contribution is 5.90. The molecule has 1 aliphatic heterocycles. The highest BCUT2D eigenvalue weighted by atomic mass is 16.5. The predicted octanol–water partition coefficient (Wildman–Crippen LogP) is 0.897. The number of hydrazone groups is 1. The molecule has 5 nitrogen and oxygen atoms in total. The highest BCUT2D eigenvalue weighted by Crippen LogP contribution is 2.08. The summed E-state index contributed by atoms with van der Waals surface area (Å²) in [4.78, 5) is 10.8. The van der Waals surface area contributed by atoms with Crippen LogP contribution in [0.1, 0.15) is 20.3 Å². The molecule has 0 bridgehead atoms. The first-order valence-electron chi connectivity index (χ1n) is 4.35. The van der Waals surface area contributed by atoms with E-state index in [0.717, 1.165) is 12.1 Å². The van der Waals surface area contributed by atoms with Crippen molar-refractivity contribution in [2.45, 2.75) is 26.4 Å². The van der Waals surface area contributed by atoms with Crippen LogP contribution in [0.15, 0.2) is 5.10 Å². The van der Waals surface area contributed by atoms with E-state index < -0.39 is 6.09 Å². The van der Waals surface area contributed by atoms with E-state index >= 15 is 0 Å². The summed E-state index contributed by atoms with van der Waals surface area (Å²) in [7, 11) is 0. The molecule has 1 amide bonds. The van der Waals surface area contributed by atoms with E-state index in [0.29, 0.717) is 13.2 Å². The fraction of sp³-hybridized carbons (Fsp3) is 0.750. The van der Waals surface area contributed by atoms with E-state index in [1.54, 1.807) is 6.92 Å². The summed E-state index contributed by atoms with van der Waals surface area (Å²) in [6, 6.07) is 0. The maximum Gasteiger partial charge on any atom is 0.427 e. The normalized spacial score (nSPS) is 24.8. The molecular formula is C8H14N2O3. The number of amides is 1. The Hall–Kier alpha value is -1.10. The third kappa shape index (κ3) is 3.02. The fourth-order valence-corrected chi connectivity index (χ4v) is 1.07. The van der Waals surface area contributed by atoms with Crippen molar-refractivity contribution in [1.29, 1.82) is 0 Å². The molecule has 1 heterocycles. The molecule has 0 aliphatic carbocycles. The Morgan fingerprint density at radius 1 is 1.85 bits per heavy atom. The van der Waals surface area contributed by atoms with Crippen molar-refractivity contribution in [1.82, 2.24) is 5.43 Å². The lowest BCUT2D eigenvalue weighted by molar-refractivity contribution is 0.145. The van der Waals surface area contributed by atoms with Gasteiger partial charge in [0.15, 0.2) is 0 Å². The van der Waals surface area contributed by atoms with Crippen molar-refractivity contribution in [2.75, 3.05) is 13.2 Å². The second-order valence-corrected chi connectivity index (χ2v) is 2.70. The number of nitrogens with zero attached hydrogens (tertiary/aromatic N) is 1. The molecule has 0 aromatic rings. The Morgan fingerprint density at radius 3 is 3.15 bits per heavy atom. The van der Waals surface area contributed by atoms with Crippen LogP contribution in [-0.2, 0) is 9.47 Å². The third-order valence-electron chi connectivity index (χ3n) is 1.76. The number of carbonyl (C=O) groups excluding carboxylic acids is 1. The Morgan fingerprint density at radius 2 is 2.62 bits per heavy atom. The molecule has 0 spiro atoms. The van der Waals surface area contributed by atoms with Crippen molar-refractivity contribution in [2.24, 2.45) is 5.10 Å². The zero-order valence-electron chi connectivity index (χ0n) is 7.87. The SMILES string of the molecule is CCOC(=O)N/N=C1/CCOC1C. The molecule has 0 radical (unpaired) electrons. The molecule has 0 aromatic carbocycles. The molecule has 5 heteroatoms. The van der Waals surface area contributed by atoms with Crippen molar-refractivity contribution in [3.8, 4) is 0 Å². The maximum absolute atomic E-state index is 10.8. The van der Waals surface area contributed by atoms with E-state index in [1.165, 1.54) is 0 Å². The van der Waals surface area contributed by atoms with Gasteiger partial charge in [0.1, 0.15) is 0 Å². The molecule has 1 fully saturated rings. The van der Waals surface area contributed by atoms with Crippen LogP contribution in [-0.4, -0.2) is 31.1 Å². The average molecular weight is 186 g/mol. The van der Waals surface area contributed by atoms with E-state index in [-0.39, 0.29) is 6.10 Å². The van der Waals surface area contributed by atoms with Gasteiger partial charge in [-0.2, -0.15) is 5.10 Å². The first kappa shape index (κ1) is 9.98. The van der Waals surface area contributed by atoms with Crippen molar-refractivity contribution in [3.63, 3.8) is 0 Å². The summed E-state index contributed by atoms with van der Waals surface area (Å²) in [5.41, 5.74) is 3.16. The Kier molecular flexibility index (Phi) is 3.70. The largest absolute Gasteiger partial charge is 0.449 e. The molecule has 1 saturated heterocycles. The Balaban J connectivity index is 2.34. The summed E-state index contributed by atoms with van der Waals surface area (Å²) in [6.07, 6.45) is 0.254. The number of hydrogen-bond acceptors (Lipinski definition) is 4. The summed E-state index contributed by atoms with van der Waals surface area (Å²) in [5.74, 6) is 0. The van der Waals surface area contributed by atoms with Gasteiger partial charge in [-0.05, 0) is 13.8 Å². The average Bonchev–Trinajstić information content (AvgIpc) is 2.48. The number of nitrogens with one attached hydrogen (secondary N) is 1. The van der Waals surface area contributed by atoms with Gasteiger partial charge in [0, 0.05) is 6.42 Å². The molecule has 1 unspecified atom stereocenters. The van der Waals surface area contributed by atoms with Crippen molar-refractivity contribution >= 4 is 11.8 Å². The summed E-state index contributed by atoms with van der Waals surface area (Å²) in [6.45, 7) is 4.67. The van der Waals surface area contributed by atoms with Crippen LogP contribution >= 0.6 is 0 Å². The van der Waals surface area contributed by atoms with Crippen LogP contribution in [0.2, 0.25) is 0 Å². The van der Waals surface area contributed by atoms with Crippen LogP contribution in [0.5, 0.6) is 0 Å². The highest BCUT2D eigenvalue weighted by Gasteiger charge is 2.18. The number of hydrogen-bond donors (Lipinski definition) is 1. The molecule has 0 aromatic heterocycles. The maximum atomic E-state index is 10.8. The van der Waals surface area contributed by atoms with Gasteiger partial charge < -0.3 is 9.47 Å². The Bertz CT molecular complexity index is 215. The van der Waals surface area contributed by atoms with Crippen LogP contribution in [0.3, 0.4) is 0 Å². The van der Waals surface area contributed by atoms with Gasteiger partial charge in [0.2, 0.25) is 0 Å². The lowest BCUT2D eigenvalue weighted by atomic mass is 10.2. The zero-order chi connectivity index (χ0) is 9.68. The number of ether oxygens (including phenoxy) is 2. The Labute approximate surface area is 77.1 Å². The van der Waals surface area contributed by atoms with E-state index in [4.69, 9.17) is 4.74 Å². The molecule has 1 aliphatic rings. The van der Waals surface area contributed by atoms with Gasteiger partial charge in [0.25, 0.3) is 0 Å². The van der Waals surface area contributed by atoms with E-state index in [2.05, 4.69) is 15.3 Å². The minimum absolute atomic E-state index is 0.00178. The molecule has 1 N–H and O–H groups in total. The lowest BCUT2D eigenvalue weighted by Crippen LogP contribution is -2.22. The fourth-order valence-electron chi connectivity index (χ4n) is 1.07. The van der Waals surface area contributed by atoms with E-state index in [9.17, 15) is 4.79 Å². The third-order valence-corrected chi connectivity index (χ3v) is 1.76. The molecule has 0 saturated carbocycles. The van der Waals surface area contributed by atoms with Gasteiger partial charge in [-0.1, -0.05) is 0 Å². The summed E-state index contributed by atoms with van der Waals surface area (Å²) < 4.78 is 9.87. The molecule has 1 rings (SSSR count). The minimum atomic E-state index is -0.519. The molecule has 13 heavy (non-hydrogen) atoms. The van der Waals surface area contributed by atoms with Gasteiger partial charge >= 0.3 is 6.09 Å². The second kappa shape index (κ2) is 4.81. The molecule has 74 valence electrons. The minimum Gasteiger partial charge on any atom is -0.449 e. The predicted molar refractivity (Wildman–Crippen MR) is 47.6 cm³/mol. The monoisotopic (exact) mass is 186 g/mol. The van der Waals surface area contributed by atoms with Gasteiger partial charge in [-0.25, -0.2) is 10.2 Å².